The Hall–Kier alpha value is 0.130. The summed E-state index contributed by atoms with van der Waals surface area (Å²) in [5, 5.41) is 2.10. The van der Waals surface area contributed by atoms with Crippen LogP contribution < -0.4 is 0 Å². The minimum atomic E-state index is 0.335. The van der Waals surface area contributed by atoms with Gasteiger partial charge in [0.25, 0.3) is 0 Å². The predicted molar refractivity (Wildman–Crippen MR) is 25.8 cm³/mol. The third-order valence-corrected chi connectivity index (χ3v) is 0.380. The van der Waals surface area contributed by atoms with Crippen molar-refractivity contribution in [3.63, 3.8) is 0 Å². The summed E-state index contributed by atoms with van der Waals surface area (Å²) in [6.45, 7) is 0. The Morgan fingerprint density at radius 2 is 2.60 bits per heavy atom. The van der Waals surface area contributed by atoms with Crippen molar-refractivity contribution in [2.45, 2.75) is 0 Å². The van der Waals surface area contributed by atoms with Crippen LogP contribution in [0.3, 0.4) is 0 Å². The molecular weight excluding hydrogens is 185 g/mol. The maximum Gasteiger partial charge on any atom is 0.170 e. The van der Waals surface area contributed by atoms with E-state index in [0.29, 0.717) is 4.61 Å². The van der Waals surface area contributed by atoms with Crippen molar-refractivity contribution >= 4 is 22.6 Å². The van der Waals surface area contributed by atoms with Crippen LogP contribution in [0.5, 0.6) is 0 Å². The lowest BCUT2D eigenvalue weighted by atomic mass is 11.7. The predicted octanol–water partition coefficient (Wildman–Crippen LogP) is 1.08. The minimum Gasteiger partial charge on any atom is -0.353 e. The molecule has 30 valence electrons. The summed E-state index contributed by atoms with van der Waals surface area (Å²) in [7, 11) is 0. The van der Waals surface area contributed by atoms with Crippen LogP contribution in [0, 0.1) is 4.91 Å². The number of halogens is 1. The molecule has 0 atom stereocenters. The number of rotatable bonds is 2. The van der Waals surface area contributed by atoms with E-state index in [1.54, 1.807) is 0 Å². The fourth-order valence-electron chi connectivity index (χ4n) is 0.0199. The zero-order chi connectivity index (χ0) is 4.12. The van der Waals surface area contributed by atoms with Crippen molar-refractivity contribution in [2.75, 3.05) is 4.61 Å². The molecule has 0 N–H and O–H groups in total. The highest BCUT2D eigenvalue weighted by Gasteiger charge is 1.64. The molecule has 0 aromatic heterocycles. The Morgan fingerprint density at radius 3 is 2.60 bits per heavy atom. The van der Waals surface area contributed by atoms with E-state index in [-0.39, 0.29) is 0 Å². The van der Waals surface area contributed by atoms with Gasteiger partial charge in [-0.15, -0.1) is 4.91 Å². The highest BCUT2D eigenvalue weighted by molar-refractivity contribution is 14.1. The standard InChI is InChI=1S/CH2INO2/c2-1-5-3-4/h1H2. The first kappa shape index (κ1) is 5.13. The third-order valence-electron chi connectivity index (χ3n) is 0.101. The molecule has 0 fully saturated rings. The van der Waals surface area contributed by atoms with Crippen molar-refractivity contribution in [2.24, 2.45) is 5.34 Å². The molecule has 0 aliphatic rings. The molecule has 0 aromatic rings. The fraction of sp³-hybridized carbons (Fsp3) is 1.00. The number of hydrogen-bond donors (Lipinski definition) is 0. The topological polar surface area (TPSA) is 38.7 Å². The molecule has 0 heterocycles. The highest BCUT2D eigenvalue weighted by Crippen LogP contribution is 1.80. The van der Waals surface area contributed by atoms with Crippen LogP contribution in [0.1, 0.15) is 0 Å². The number of hydrogen-bond acceptors (Lipinski definition) is 3. The molecule has 0 aliphatic carbocycles. The largest absolute Gasteiger partial charge is 0.353 e. The molecule has 0 bridgehead atoms. The maximum atomic E-state index is 8.93. The normalized spacial score (nSPS) is 6.60. The van der Waals surface area contributed by atoms with E-state index >= 15 is 0 Å². The van der Waals surface area contributed by atoms with Gasteiger partial charge in [-0.2, -0.15) is 0 Å². The average molecular weight is 187 g/mol. The van der Waals surface area contributed by atoms with E-state index < -0.39 is 0 Å². The van der Waals surface area contributed by atoms with Crippen LogP contribution in [-0.2, 0) is 4.84 Å². The zero-order valence-electron chi connectivity index (χ0n) is 2.35. The van der Waals surface area contributed by atoms with Crippen molar-refractivity contribution in [1.29, 1.82) is 0 Å². The Kier molecular flexibility index (Phi) is 4.24. The molecule has 0 radical (unpaired) electrons. The van der Waals surface area contributed by atoms with Gasteiger partial charge >= 0.3 is 0 Å². The summed E-state index contributed by atoms with van der Waals surface area (Å²) < 4.78 is 0.335. The minimum absolute atomic E-state index is 0.335. The summed E-state index contributed by atoms with van der Waals surface area (Å²) in [5.41, 5.74) is 0. The molecule has 0 saturated heterocycles. The molecule has 0 amide bonds. The monoisotopic (exact) mass is 187 g/mol. The van der Waals surface area contributed by atoms with Gasteiger partial charge in [-0.1, -0.05) is 0 Å². The van der Waals surface area contributed by atoms with Crippen LogP contribution in [0.25, 0.3) is 0 Å². The van der Waals surface area contributed by atoms with E-state index in [1.165, 1.54) is 0 Å². The van der Waals surface area contributed by atoms with Crippen molar-refractivity contribution < 1.29 is 4.84 Å². The van der Waals surface area contributed by atoms with Gasteiger partial charge in [-0.05, 0) is 22.6 Å². The molecule has 3 nitrogen and oxygen atoms in total. The lowest BCUT2D eigenvalue weighted by Crippen LogP contribution is -1.66. The van der Waals surface area contributed by atoms with E-state index in [9.17, 15) is 0 Å². The maximum absolute atomic E-state index is 8.93. The van der Waals surface area contributed by atoms with Gasteiger partial charge in [0.15, 0.2) is 9.95 Å². The fourth-order valence-corrected chi connectivity index (χ4v) is 0.134. The van der Waals surface area contributed by atoms with Gasteiger partial charge in [0.2, 0.25) is 0 Å². The van der Waals surface area contributed by atoms with Crippen LogP contribution in [0.4, 0.5) is 0 Å². The zero-order valence-corrected chi connectivity index (χ0v) is 4.51. The number of alkyl halides is 1. The van der Waals surface area contributed by atoms with Crippen LogP contribution >= 0.6 is 22.6 Å². The molecule has 0 saturated carbocycles. The summed E-state index contributed by atoms with van der Waals surface area (Å²) >= 11 is 1.87. The summed E-state index contributed by atoms with van der Waals surface area (Å²) in [6, 6.07) is 0. The molecule has 4 heteroatoms. The van der Waals surface area contributed by atoms with E-state index in [4.69, 9.17) is 4.91 Å². The molecule has 0 rings (SSSR count). The summed E-state index contributed by atoms with van der Waals surface area (Å²) in [5.74, 6) is 0. The molecule has 0 unspecified atom stereocenters. The Balaban J connectivity index is 2.40. The lowest BCUT2D eigenvalue weighted by molar-refractivity contribution is 0.200. The molecule has 0 aliphatic heterocycles. The second-order valence-corrected chi connectivity index (χ2v) is 0.936. The smallest absolute Gasteiger partial charge is 0.170 e. The number of nitrogens with zero attached hydrogens (tertiary/aromatic N) is 1. The van der Waals surface area contributed by atoms with Crippen LogP contribution in [0.15, 0.2) is 5.34 Å². The molecule has 0 spiro atoms. The van der Waals surface area contributed by atoms with Crippen molar-refractivity contribution in [1.82, 2.24) is 0 Å². The van der Waals surface area contributed by atoms with Gasteiger partial charge < -0.3 is 4.84 Å². The highest BCUT2D eigenvalue weighted by atomic mass is 127. The Morgan fingerprint density at radius 1 is 2.00 bits per heavy atom. The van der Waals surface area contributed by atoms with Crippen molar-refractivity contribution in [3.05, 3.63) is 4.91 Å². The van der Waals surface area contributed by atoms with Crippen LogP contribution in [0.2, 0.25) is 0 Å². The Bertz CT molecular complexity index is 30.8. The van der Waals surface area contributed by atoms with Gasteiger partial charge in [0.1, 0.15) is 0 Å². The van der Waals surface area contributed by atoms with E-state index in [2.05, 4.69) is 10.2 Å². The summed E-state index contributed by atoms with van der Waals surface area (Å²) in [4.78, 5) is 12.8. The first-order valence-corrected chi connectivity index (χ1v) is 2.45. The quantitative estimate of drug-likeness (QED) is 0.280. The first-order chi connectivity index (χ1) is 2.41. The van der Waals surface area contributed by atoms with E-state index in [0.717, 1.165) is 0 Å². The molecule has 5 heavy (non-hydrogen) atoms. The molecular formula is CH2INO2. The average Bonchev–Trinajstić information content (AvgIpc) is 1.41. The molecule has 0 aromatic carbocycles. The Labute approximate surface area is 42.8 Å². The summed E-state index contributed by atoms with van der Waals surface area (Å²) in [6.07, 6.45) is 0. The van der Waals surface area contributed by atoms with Gasteiger partial charge in [-0.3, -0.25) is 0 Å². The van der Waals surface area contributed by atoms with Gasteiger partial charge in [-0.25, -0.2) is 0 Å². The van der Waals surface area contributed by atoms with E-state index in [1.807, 2.05) is 22.6 Å². The SMILES string of the molecule is O=NOCI. The van der Waals surface area contributed by atoms with Crippen molar-refractivity contribution in [3.8, 4) is 0 Å². The second-order valence-electron chi connectivity index (χ2n) is 0.313. The van der Waals surface area contributed by atoms with Gasteiger partial charge in [0, 0.05) is 0 Å². The third kappa shape index (κ3) is 4.13. The van der Waals surface area contributed by atoms with Crippen LogP contribution in [-0.4, -0.2) is 4.61 Å². The first-order valence-electron chi connectivity index (χ1n) is 0.921. The van der Waals surface area contributed by atoms with Gasteiger partial charge in [0.05, 0.1) is 0 Å². The second kappa shape index (κ2) is 4.13. The lowest BCUT2D eigenvalue weighted by Gasteiger charge is -1.74.